The van der Waals surface area contributed by atoms with Crippen LogP contribution in [0.25, 0.3) is 10.2 Å². The van der Waals surface area contributed by atoms with Crippen molar-refractivity contribution in [2.75, 3.05) is 27.2 Å². The van der Waals surface area contributed by atoms with Gasteiger partial charge in [-0.1, -0.05) is 25.4 Å². The van der Waals surface area contributed by atoms with Crippen LogP contribution in [-0.4, -0.2) is 53.9 Å². The van der Waals surface area contributed by atoms with Gasteiger partial charge in [-0.3, -0.25) is 9.78 Å². The van der Waals surface area contributed by atoms with Gasteiger partial charge in [0.05, 0.1) is 20.1 Å². The van der Waals surface area contributed by atoms with Crippen molar-refractivity contribution in [3.05, 3.63) is 28.2 Å². The van der Waals surface area contributed by atoms with E-state index in [1.807, 2.05) is 24.8 Å². The monoisotopic (exact) mass is 353 g/mol. The highest BCUT2D eigenvalue weighted by atomic mass is 35.5. The largest absolute Gasteiger partial charge is 0.336 e. The minimum Gasteiger partial charge on any atom is -0.336 e. The molecule has 4 nitrogen and oxygen atoms in total. The number of nitrogens with zero attached hydrogens (tertiary/aromatic N) is 3. The van der Waals surface area contributed by atoms with Crippen molar-refractivity contribution in [1.82, 2.24) is 14.8 Å². The normalized spacial score (nSPS) is 18.0. The van der Waals surface area contributed by atoms with Crippen molar-refractivity contribution < 1.29 is 4.79 Å². The van der Waals surface area contributed by atoms with E-state index in [-0.39, 0.29) is 5.91 Å². The molecule has 1 aliphatic heterocycles. The van der Waals surface area contributed by atoms with Crippen molar-refractivity contribution >= 4 is 39.1 Å². The summed E-state index contributed by atoms with van der Waals surface area (Å²) < 4.78 is 0.892. The van der Waals surface area contributed by atoms with Gasteiger partial charge in [0.25, 0.3) is 5.91 Å². The van der Waals surface area contributed by atoms with Gasteiger partial charge in [0.15, 0.2) is 0 Å². The molecule has 0 radical (unpaired) electrons. The number of carbonyl (C=O) groups excluding carboxylic acids is 1. The summed E-state index contributed by atoms with van der Waals surface area (Å²) in [4.78, 5) is 21.9. The molecule has 23 heavy (non-hydrogen) atoms. The topological polar surface area (TPSA) is 36.4 Å². The molecule has 1 atom stereocenters. The first kappa shape index (κ1) is 18.2. The molecule has 2 aromatic rings. The second-order valence-corrected chi connectivity index (χ2v) is 7.09. The number of amides is 1. The van der Waals surface area contributed by atoms with Crippen LogP contribution in [0.15, 0.2) is 18.3 Å². The molecule has 6 heteroatoms. The molecule has 1 aliphatic rings. The lowest BCUT2D eigenvalue weighted by molar-refractivity contribution is 0.0640. The fourth-order valence-electron chi connectivity index (χ4n) is 2.73. The van der Waals surface area contributed by atoms with Gasteiger partial charge in [-0.05, 0) is 39.1 Å². The van der Waals surface area contributed by atoms with Crippen LogP contribution in [0, 0.1) is 0 Å². The maximum atomic E-state index is 12.7. The number of hydrogen-bond donors (Lipinski definition) is 0. The molecule has 3 heterocycles. The maximum absolute atomic E-state index is 12.7. The van der Waals surface area contributed by atoms with Gasteiger partial charge in [-0.2, -0.15) is 0 Å². The number of likely N-dealkylation sites (tertiary alicyclic amines) is 1. The molecule has 1 fully saturated rings. The average Bonchev–Trinajstić information content (AvgIpc) is 3.02. The van der Waals surface area contributed by atoms with Gasteiger partial charge in [-0.25, -0.2) is 0 Å². The second-order valence-electron chi connectivity index (χ2n) is 5.63. The van der Waals surface area contributed by atoms with Crippen LogP contribution in [0.4, 0.5) is 0 Å². The third kappa shape index (κ3) is 4.03. The van der Waals surface area contributed by atoms with Gasteiger partial charge in [-0.15, -0.1) is 11.3 Å². The summed E-state index contributed by atoms with van der Waals surface area (Å²) in [7, 11) is 4.14. The zero-order valence-corrected chi connectivity index (χ0v) is 15.7. The van der Waals surface area contributed by atoms with Crippen LogP contribution < -0.4 is 0 Å². The molecule has 126 valence electrons. The highest BCUT2D eigenvalue weighted by Crippen LogP contribution is 2.31. The molecule has 1 unspecified atom stereocenters. The summed E-state index contributed by atoms with van der Waals surface area (Å²) in [6, 6.07) is 4.06. The Labute approximate surface area is 147 Å². The number of carbonyl (C=O) groups is 1. The van der Waals surface area contributed by atoms with Gasteiger partial charge in [0.2, 0.25) is 0 Å². The molecular formula is C17H24ClN3OS. The molecule has 0 saturated carbocycles. The number of halogens is 1. The number of hydrogen-bond acceptors (Lipinski definition) is 4. The van der Waals surface area contributed by atoms with Crippen molar-refractivity contribution in [1.29, 1.82) is 0 Å². The highest BCUT2D eigenvalue weighted by molar-refractivity contribution is 7.21. The summed E-state index contributed by atoms with van der Waals surface area (Å²) in [6.07, 6.45) is 3.88. The quantitative estimate of drug-likeness (QED) is 0.814. The smallest absolute Gasteiger partial charge is 0.264 e. The summed E-state index contributed by atoms with van der Waals surface area (Å²) in [5.74, 6) is 0.0978. The maximum Gasteiger partial charge on any atom is 0.264 e. The summed E-state index contributed by atoms with van der Waals surface area (Å²) in [6.45, 7) is 5.62. The molecule has 0 bridgehead atoms. The lowest BCUT2D eigenvalue weighted by atomic mass is 10.0. The fraction of sp³-hybridized carbons (Fsp3) is 0.529. The number of thiophene rings is 1. The summed E-state index contributed by atoms with van der Waals surface area (Å²) in [5, 5.41) is 0.661. The van der Waals surface area contributed by atoms with Crippen LogP contribution in [0.2, 0.25) is 5.02 Å². The van der Waals surface area contributed by atoms with Crippen molar-refractivity contribution in [2.24, 2.45) is 0 Å². The molecule has 3 rings (SSSR count). The number of pyridine rings is 1. The highest BCUT2D eigenvalue weighted by Gasteiger charge is 2.26. The van der Waals surface area contributed by atoms with Gasteiger partial charge in [0, 0.05) is 25.3 Å². The Hall–Kier alpha value is -1.17. The van der Waals surface area contributed by atoms with E-state index in [9.17, 15) is 4.79 Å². The summed E-state index contributed by atoms with van der Waals surface area (Å²) in [5.41, 5.74) is 0.803. The number of aromatic nitrogens is 1. The number of rotatable bonds is 2. The minimum atomic E-state index is 0.0978. The molecule has 0 aliphatic carbocycles. The predicted octanol–water partition coefficient (Wildman–Crippen LogP) is 4.14. The average molecular weight is 354 g/mol. The van der Waals surface area contributed by atoms with E-state index in [2.05, 4.69) is 24.0 Å². The van der Waals surface area contributed by atoms with Crippen LogP contribution in [0.1, 0.15) is 36.4 Å². The molecule has 2 aromatic heterocycles. The van der Waals surface area contributed by atoms with Crippen LogP contribution >= 0.6 is 22.9 Å². The first-order chi connectivity index (χ1) is 11.1. The Bertz CT molecular complexity index is 671. The molecule has 0 spiro atoms. The summed E-state index contributed by atoms with van der Waals surface area (Å²) >= 11 is 7.60. The Morgan fingerprint density at radius 2 is 2.17 bits per heavy atom. The zero-order chi connectivity index (χ0) is 17.0. The van der Waals surface area contributed by atoms with Crippen molar-refractivity contribution in [2.45, 2.75) is 32.7 Å². The Morgan fingerprint density at radius 1 is 1.43 bits per heavy atom. The van der Waals surface area contributed by atoms with E-state index in [1.54, 1.807) is 12.3 Å². The third-order valence-electron chi connectivity index (χ3n) is 3.99. The first-order valence-corrected chi connectivity index (χ1v) is 9.25. The van der Waals surface area contributed by atoms with E-state index < -0.39 is 0 Å². The Balaban J connectivity index is 0.000000924. The van der Waals surface area contributed by atoms with E-state index in [0.29, 0.717) is 11.1 Å². The van der Waals surface area contributed by atoms with Crippen molar-refractivity contribution in [3.8, 4) is 0 Å². The van der Waals surface area contributed by atoms with Crippen LogP contribution in [-0.2, 0) is 0 Å². The number of likely N-dealkylation sites (N-methyl/N-ethyl adjacent to an activating group) is 1. The lowest BCUT2D eigenvalue weighted by Crippen LogP contribution is -2.47. The third-order valence-corrected chi connectivity index (χ3v) is 5.56. The standard InChI is InChI=1S/C15H18ClN3OS.C2H6/c1-18(2)10-4-3-7-19(9-10)15(20)13-8-12-14(21-13)11(16)5-6-17-12;1-2/h5-6,8,10H,3-4,7,9H2,1-2H3;1-2H3. The van der Waals surface area contributed by atoms with Gasteiger partial charge >= 0.3 is 0 Å². The zero-order valence-electron chi connectivity index (χ0n) is 14.2. The Morgan fingerprint density at radius 3 is 2.83 bits per heavy atom. The SMILES string of the molecule is CC.CN(C)C1CCCN(C(=O)c2cc3nccc(Cl)c3s2)C1. The van der Waals surface area contributed by atoms with E-state index >= 15 is 0 Å². The number of piperidine rings is 1. The molecule has 0 N–H and O–H groups in total. The van der Waals surface area contributed by atoms with E-state index in [4.69, 9.17) is 11.6 Å². The fourth-order valence-corrected chi connectivity index (χ4v) is 3.99. The Kier molecular flexibility index (Phi) is 6.39. The van der Waals surface area contributed by atoms with Gasteiger partial charge < -0.3 is 9.80 Å². The van der Waals surface area contributed by atoms with E-state index in [1.165, 1.54) is 11.3 Å². The number of fused-ring (bicyclic) bond motifs is 1. The minimum absolute atomic E-state index is 0.0978. The van der Waals surface area contributed by atoms with Crippen molar-refractivity contribution in [3.63, 3.8) is 0 Å². The molecule has 1 saturated heterocycles. The van der Waals surface area contributed by atoms with Gasteiger partial charge in [0.1, 0.15) is 0 Å². The second kappa shape index (κ2) is 8.08. The van der Waals surface area contributed by atoms with E-state index in [0.717, 1.165) is 41.0 Å². The molecule has 0 aromatic carbocycles. The first-order valence-electron chi connectivity index (χ1n) is 8.06. The molecular weight excluding hydrogens is 330 g/mol. The lowest BCUT2D eigenvalue weighted by Gasteiger charge is -2.35. The predicted molar refractivity (Wildman–Crippen MR) is 98.6 cm³/mol. The molecule has 1 amide bonds. The van der Waals surface area contributed by atoms with Crippen LogP contribution in [0.5, 0.6) is 0 Å². The van der Waals surface area contributed by atoms with Crippen LogP contribution in [0.3, 0.4) is 0 Å².